The van der Waals surface area contributed by atoms with Crippen molar-refractivity contribution >= 4 is 49.9 Å². The number of ether oxygens (including phenoxy) is 1. The zero-order valence-electron chi connectivity index (χ0n) is 14.3. The number of phenolic OH excluding ortho intramolecular Hbond substituents is 1. The molecule has 0 saturated carbocycles. The first kappa shape index (κ1) is 20.9. The van der Waals surface area contributed by atoms with Crippen molar-refractivity contribution in [3.8, 4) is 11.5 Å². The van der Waals surface area contributed by atoms with E-state index in [2.05, 4.69) is 47.7 Å². The molecule has 0 saturated heterocycles. The molecule has 0 radical (unpaired) electrons. The van der Waals surface area contributed by atoms with Crippen LogP contribution in [0.5, 0.6) is 11.5 Å². The number of hydrogen-bond acceptors (Lipinski definition) is 5. The van der Waals surface area contributed by atoms with Gasteiger partial charge in [-0.05, 0) is 47.1 Å². The quantitative estimate of drug-likeness (QED) is 0.403. The van der Waals surface area contributed by atoms with Gasteiger partial charge in [-0.15, -0.1) is 0 Å². The third kappa shape index (κ3) is 6.07. The van der Waals surface area contributed by atoms with Crippen molar-refractivity contribution in [2.75, 3.05) is 13.2 Å². The number of nitrogens with zero attached hydrogens (tertiary/aromatic N) is 1. The summed E-state index contributed by atoms with van der Waals surface area (Å²) in [5.74, 6) is -0.667. The molecule has 142 valence electrons. The number of nitrogens with one attached hydrogen (secondary N) is 2. The summed E-state index contributed by atoms with van der Waals surface area (Å²) in [7, 11) is 0. The van der Waals surface area contributed by atoms with E-state index < -0.39 is 5.91 Å². The summed E-state index contributed by atoms with van der Waals surface area (Å²) in [5, 5.41) is 16.4. The van der Waals surface area contributed by atoms with Gasteiger partial charge in [0.25, 0.3) is 11.8 Å². The fraction of sp³-hybridized carbons (Fsp3) is 0.167. The lowest BCUT2D eigenvalue weighted by Gasteiger charge is -2.09. The molecular formula is C18H17Br2N3O4. The zero-order chi connectivity index (χ0) is 19.8. The molecule has 0 aliphatic heterocycles. The highest BCUT2D eigenvalue weighted by Gasteiger charge is 2.11. The molecule has 2 aromatic rings. The van der Waals surface area contributed by atoms with Crippen molar-refractivity contribution in [3.05, 3.63) is 56.5 Å². The van der Waals surface area contributed by atoms with Gasteiger partial charge >= 0.3 is 0 Å². The lowest BCUT2D eigenvalue weighted by atomic mass is 10.2. The fourth-order valence-electron chi connectivity index (χ4n) is 2.07. The summed E-state index contributed by atoms with van der Waals surface area (Å²) >= 11 is 6.59. The minimum atomic E-state index is -0.508. The van der Waals surface area contributed by atoms with Crippen molar-refractivity contribution in [2.24, 2.45) is 5.10 Å². The smallest absolute Gasteiger partial charge is 0.259 e. The maximum Gasteiger partial charge on any atom is 0.259 e. The van der Waals surface area contributed by atoms with Gasteiger partial charge in [0.1, 0.15) is 0 Å². The largest absolute Gasteiger partial charge is 0.504 e. The lowest BCUT2D eigenvalue weighted by Crippen LogP contribution is -2.35. The monoisotopic (exact) mass is 497 g/mol. The molecule has 3 N–H and O–H groups in total. The number of hydrazone groups is 1. The van der Waals surface area contributed by atoms with Gasteiger partial charge in [-0.3, -0.25) is 9.59 Å². The van der Waals surface area contributed by atoms with Gasteiger partial charge < -0.3 is 15.2 Å². The summed E-state index contributed by atoms with van der Waals surface area (Å²) in [6.45, 7) is 1.96. The minimum Gasteiger partial charge on any atom is -0.504 e. The number of halogens is 2. The van der Waals surface area contributed by atoms with E-state index in [1.165, 1.54) is 6.21 Å². The number of phenols is 1. The van der Waals surface area contributed by atoms with Crippen LogP contribution in [0.2, 0.25) is 0 Å². The molecule has 2 amide bonds. The number of rotatable bonds is 7. The predicted molar refractivity (Wildman–Crippen MR) is 109 cm³/mol. The molecule has 2 aromatic carbocycles. The average Bonchev–Trinajstić information content (AvgIpc) is 2.64. The van der Waals surface area contributed by atoms with Crippen LogP contribution in [0.4, 0.5) is 0 Å². The standard InChI is InChI=1S/C18H17Br2N3O4/c1-2-27-15-8-12(19)7-11(17(15)25)9-22-23-16(24)10-21-18(26)13-5-3-4-6-14(13)20/h3-9,25H,2,10H2,1H3,(H,21,26)(H,23,24)/b22-9-. The molecule has 0 fully saturated rings. The van der Waals surface area contributed by atoms with Gasteiger partial charge in [-0.25, -0.2) is 5.43 Å². The third-order valence-electron chi connectivity index (χ3n) is 3.29. The Balaban J connectivity index is 1.92. The van der Waals surface area contributed by atoms with E-state index in [0.29, 0.717) is 32.4 Å². The second-order valence-corrected chi connectivity index (χ2v) is 7.00. The third-order valence-corrected chi connectivity index (χ3v) is 4.44. The van der Waals surface area contributed by atoms with Crippen LogP contribution in [0.3, 0.4) is 0 Å². The van der Waals surface area contributed by atoms with E-state index in [1.807, 2.05) is 0 Å². The van der Waals surface area contributed by atoms with Crippen LogP contribution in [0, 0.1) is 0 Å². The Morgan fingerprint density at radius 2 is 2.00 bits per heavy atom. The van der Waals surface area contributed by atoms with Gasteiger partial charge in [0, 0.05) is 14.5 Å². The Kier molecular flexibility index (Phi) is 7.81. The summed E-state index contributed by atoms with van der Waals surface area (Å²) in [6.07, 6.45) is 1.29. The second kappa shape index (κ2) is 10.1. The van der Waals surface area contributed by atoms with E-state index in [-0.39, 0.29) is 18.2 Å². The average molecular weight is 499 g/mol. The summed E-state index contributed by atoms with van der Waals surface area (Å²) in [6, 6.07) is 10.2. The summed E-state index contributed by atoms with van der Waals surface area (Å²) in [4.78, 5) is 23.9. The number of amides is 2. The maximum absolute atomic E-state index is 12.0. The Morgan fingerprint density at radius 1 is 1.26 bits per heavy atom. The number of hydrogen-bond donors (Lipinski definition) is 3. The molecule has 2 rings (SSSR count). The Bertz CT molecular complexity index is 872. The SMILES string of the molecule is CCOc1cc(Br)cc(/C=N\NC(=O)CNC(=O)c2ccccc2Br)c1O. The number of aromatic hydroxyl groups is 1. The zero-order valence-corrected chi connectivity index (χ0v) is 17.5. The highest BCUT2D eigenvalue weighted by atomic mass is 79.9. The fourth-order valence-corrected chi connectivity index (χ4v) is 2.99. The Labute approximate surface area is 173 Å². The van der Waals surface area contributed by atoms with E-state index in [1.54, 1.807) is 43.3 Å². The molecule has 0 aliphatic rings. The van der Waals surface area contributed by atoms with Gasteiger partial charge in [0.15, 0.2) is 11.5 Å². The topological polar surface area (TPSA) is 100 Å². The maximum atomic E-state index is 12.0. The highest BCUT2D eigenvalue weighted by Crippen LogP contribution is 2.32. The van der Waals surface area contributed by atoms with Crippen molar-refractivity contribution in [1.29, 1.82) is 0 Å². The van der Waals surface area contributed by atoms with E-state index in [0.717, 1.165) is 0 Å². The first-order valence-corrected chi connectivity index (χ1v) is 9.51. The van der Waals surface area contributed by atoms with E-state index in [9.17, 15) is 14.7 Å². The first-order chi connectivity index (χ1) is 12.9. The molecule has 0 aliphatic carbocycles. The van der Waals surface area contributed by atoms with Crippen molar-refractivity contribution in [2.45, 2.75) is 6.92 Å². The van der Waals surface area contributed by atoms with E-state index >= 15 is 0 Å². The molecular weight excluding hydrogens is 482 g/mol. The van der Waals surface area contributed by atoms with Gasteiger partial charge in [-0.2, -0.15) is 5.10 Å². The minimum absolute atomic E-state index is 0.0831. The van der Waals surface area contributed by atoms with Gasteiger partial charge in [0.2, 0.25) is 0 Å². The molecule has 0 aromatic heterocycles. The molecule has 0 unspecified atom stereocenters. The van der Waals surface area contributed by atoms with Crippen LogP contribution >= 0.6 is 31.9 Å². The Hall–Kier alpha value is -2.39. The van der Waals surface area contributed by atoms with Crippen molar-refractivity contribution in [1.82, 2.24) is 10.7 Å². The molecule has 27 heavy (non-hydrogen) atoms. The van der Waals surface area contributed by atoms with Gasteiger partial charge in [-0.1, -0.05) is 28.1 Å². The van der Waals surface area contributed by atoms with Crippen molar-refractivity contribution in [3.63, 3.8) is 0 Å². The van der Waals surface area contributed by atoms with Crippen molar-refractivity contribution < 1.29 is 19.4 Å². The predicted octanol–water partition coefficient (Wildman–Crippen LogP) is 3.20. The second-order valence-electron chi connectivity index (χ2n) is 5.23. The number of benzene rings is 2. The summed E-state index contributed by atoms with van der Waals surface area (Å²) < 4.78 is 6.65. The van der Waals surface area contributed by atoms with Crippen LogP contribution < -0.4 is 15.5 Å². The Morgan fingerprint density at radius 3 is 2.70 bits per heavy atom. The van der Waals surface area contributed by atoms with Crippen LogP contribution in [0.1, 0.15) is 22.8 Å². The lowest BCUT2D eigenvalue weighted by molar-refractivity contribution is -0.120. The number of carbonyl (C=O) groups excluding carboxylic acids is 2. The molecule has 9 heteroatoms. The van der Waals surface area contributed by atoms with Crippen LogP contribution in [-0.4, -0.2) is 36.3 Å². The highest BCUT2D eigenvalue weighted by molar-refractivity contribution is 9.10. The van der Waals surface area contributed by atoms with Crippen LogP contribution in [-0.2, 0) is 4.79 Å². The molecule has 0 spiro atoms. The van der Waals surface area contributed by atoms with Crippen LogP contribution in [0.25, 0.3) is 0 Å². The molecule has 0 bridgehead atoms. The molecule has 7 nitrogen and oxygen atoms in total. The van der Waals surface area contributed by atoms with E-state index in [4.69, 9.17) is 4.74 Å². The normalized spacial score (nSPS) is 10.6. The summed E-state index contributed by atoms with van der Waals surface area (Å²) in [5.41, 5.74) is 3.08. The first-order valence-electron chi connectivity index (χ1n) is 7.92. The van der Waals surface area contributed by atoms with Crippen LogP contribution in [0.15, 0.2) is 50.4 Å². The molecule has 0 heterocycles. The van der Waals surface area contributed by atoms with Gasteiger partial charge in [0.05, 0.1) is 24.9 Å². The molecule has 0 atom stereocenters. The number of carbonyl (C=O) groups is 2.